The summed E-state index contributed by atoms with van der Waals surface area (Å²) in [4.78, 5) is 14.3. The normalized spacial score (nSPS) is 17.2. The van der Waals surface area contributed by atoms with Gasteiger partial charge in [0.05, 0.1) is 0 Å². The Morgan fingerprint density at radius 1 is 1.33 bits per heavy atom. The lowest BCUT2D eigenvalue weighted by molar-refractivity contribution is -0.140. The molecule has 0 bridgehead atoms. The van der Waals surface area contributed by atoms with E-state index in [-0.39, 0.29) is 11.3 Å². The molecular weight excluding hydrogens is 262 g/mol. The van der Waals surface area contributed by atoms with E-state index in [1.165, 1.54) is 5.69 Å². The second-order valence-corrected chi connectivity index (χ2v) is 6.98. The quantitative estimate of drug-likeness (QED) is 0.926. The number of hydrogen-bond acceptors (Lipinski definition) is 2. The molecular formula is C17H29N3O. The molecule has 1 N–H and O–H groups in total. The van der Waals surface area contributed by atoms with Gasteiger partial charge in [0.15, 0.2) is 0 Å². The maximum absolute atomic E-state index is 12.3. The molecule has 1 aliphatic heterocycles. The number of carbonyl (C=O) groups excluding carboxylic acids is 1. The van der Waals surface area contributed by atoms with Gasteiger partial charge in [0, 0.05) is 49.5 Å². The number of hydrogen-bond donors (Lipinski definition) is 1. The number of nitrogens with one attached hydrogen (secondary N) is 1. The molecule has 4 heteroatoms. The van der Waals surface area contributed by atoms with E-state index in [2.05, 4.69) is 35.1 Å². The number of amides is 1. The smallest absolute Gasteiger partial charge is 0.227 e. The highest BCUT2D eigenvalue weighted by atomic mass is 16.2. The Morgan fingerprint density at radius 2 is 2.00 bits per heavy atom. The highest BCUT2D eigenvalue weighted by molar-refractivity contribution is 5.81. The summed E-state index contributed by atoms with van der Waals surface area (Å²) < 4.78 is 2.27. The van der Waals surface area contributed by atoms with Gasteiger partial charge in [0.2, 0.25) is 5.91 Å². The molecule has 0 radical (unpaired) electrons. The Kier molecular flexibility index (Phi) is 5.09. The van der Waals surface area contributed by atoms with E-state index in [1.54, 1.807) is 0 Å². The van der Waals surface area contributed by atoms with E-state index in [0.29, 0.717) is 6.04 Å². The van der Waals surface area contributed by atoms with Crippen LogP contribution in [-0.2, 0) is 17.9 Å². The van der Waals surface area contributed by atoms with Crippen molar-refractivity contribution in [3.63, 3.8) is 0 Å². The highest BCUT2D eigenvalue weighted by Gasteiger charge is 2.30. The van der Waals surface area contributed by atoms with Gasteiger partial charge in [-0.05, 0) is 31.9 Å². The number of nitrogens with zero attached hydrogens (tertiary/aromatic N) is 2. The lowest BCUT2D eigenvalue weighted by Gasteiger charge is -2.36. The number of aromatic nitrogens is 1. The van der Waals surface area contributed by atoms with Gasteiger partial charge in [-0.15, -0.1) is 0 Å². The minimum absolute atomic E-state index is 0.262. The maximum atomic E-state index is 12.3. The van der Waals surface area contributed by atoms with Crippen molar-refractivity contribution in [2.75, 3.05) is 13.1 Å². The van der Waals surface area contributed by atoms with Crippen molar-refractivity contribution >= 4 is 5.91 Å². The summed E-state index contributed by atoms with van der Waals surface area (Å²) in [5.74, 6) is 0.279. The third kappa shape index (κ3) is 4.10. The van der Waals surface area contributed by atoms with Crippen LogP contribution in [0.4, 0.5) is 0 Å². The third-order valence-electron chi connectivity index (χ3n) is 4.26. The standard InChI is InChI=1S/C17H29N3O/c1-5-19-10-6-7-15(19)13-18-14-8-11-20(12-9-14)16(21)17(2,3)4/h6-7,10,14,18H,5,8-9,11-13H2,1-4H3. The molecule has 1 amide bonds. The van der Waals surface area contributed by atoms with Crippen LogP contribution in [-0.4, -0.2) is 34.5 Å². The van der Waals surface area contributed by atoms with Gasteiger partial charge in [0.1, 0.15) is 0 Å². The summed E-state index contributed by atoms with van der Waals surface area (Å²) in [5, 5.41) is 3.64. The van der Waals surface area contributed by atoms with Gasteiger partial charge in [-0.3, -0.25) is 4.79 Å². The first-order valence-corrected chi connectivity index (χ1v) is 8.08. The lowest BCUT2D eigenvalue weighted by Crippen LogP contribution is -2.48. The van der Waals surface area contributed by atoms with Crippen molar-refractivity contribution in [3.8, 4) is 0 Å². The molecule has 0 spiro atoms. The summed E-state index contributed by atoms with van der Waals surface area (Å²) in [6.07, 6.45) is 4.23. The molecule has 1 aromatic heterocycles. The maximum Gasteiger partial charge on any atom is 0.227 e. The van der Waals surface area contributed by atoms with E-state index in [9.17, 15) is 4.79 Å². The predicted octanol–water partition coefficient (Wildman–Crippen LogP) is 2.63. The Hall–Kier alpha value is -1.29. The van der Waals surface area contributed by atoms with Crippen molar-refractivity contribution in [2.24, 2.45) is 5.41 Å². The number of likely N-dealkylation sites (tertiary alicyclic amines) is 1. The highest BCUT2D eigenvalue weighted by Crippen LogP contribution is 2.21. The molecule has 0 atom stereocenters. The Bertz CT molecular complexity index is 465. The van der Waals surface area contributed by atoms with E-state index < -0.39 is 0 Å². The fourth-order valence-corrected chi connectivity index (χ4v) is 2.93. The van der Waals surface area contributed by atoms with Gasteiger partial charge in [-0.2, -0.15) is 0 Å². The van der Waals surface area contributed by atoms with Gasteiger partial charge in [-0.1, -0.05) is 20.8 Å². The average Bonchev–Trinajstić information content (AvgIpc) is 2.91. The first kappa shape index (κ1) is 16.1. The molecule has 1 aromatic rings. The summed E-state index contributed by atoms with van der Waals surface area (Å²) in [6, 6.07) is 4.80. The van der Waals surface area contributed by atoms with E-state index in [4.69, 9.17) is 0 Å². The van der Waals surface area contributed by atoms with Crippen LogP contribution < -0.4 is 5.32 Å². The molecule has 0 saturated carbocycles. The topological polar surface area (TPSA) is 37.3 Å². The van der Waals surface area contributed by atoms with Crippen LogP contribution in [0.5, 0.6) is 0 Å². The van der Waals surface area contributed by atoms with Crippen molar-refractivity contribution in [2.45, 2.75) is 59.7 Å². The van der Waals surface area contributed by atoms with Gasteiger partial charge < -0.3 is 14.8 Å². The van der Waals surface area contributed by atoms with Crippen molar-refractivity contribution in [1.82, 2.24) is 14.8 Å². The van der Waals surface area contributed by atoms with Gasteiger partial charge >= 0.3 is 0 Å². The molecule has 0 aromatic carbocycles. The zero-order valence-corrected chi connectivity index (χ0v) is 13.9. The first-order chi connectivity index (χ1) is 9.91. The molecule has 2 heterocycles. The Labute approximate surface area is 128 Å². The fraction of sp³-hybridized carbons (Fsp3) is 0.706. The largest absolute Gasteiger partial charge is 0.351 e. The summed E-state index contributed by atoms with van der Waals surface area (Å²) in [5.41, 5.74) is 1.08. The first-order valence-electron chi connectivity index (χ1n) is 8.08. The SMILES string of the molecule is CCn1cccc1CNC1CCN(C(=O)C(C)(C)C)CC1. The average molecular weight is 291 g/mol. The molecule has 1 saturated heterocycles. The number of aryl methyl sites for hydroxylation is 1. The van der Waals surface area contributed by atoms with Crippen LogP contribution in [0.3, 0.4) is 0 Å². The fourth-order valence-electron chi connectivity index (χ4n) is 2.93. The molecule has 1 fully saturated rings. The third-order valence-corrected chi connectivity index (χ3v) is 4.26. The van der Waals surface area contributed by atoms with Crippen LogP contribution in [0, 0.1) is 5.41 Å². The summed E-state index contributed by atoms with van der Waals surface area (Å²) in [7, 11) is 0. The van der Waals surface area contributed by atoms with Crippen LogP contribution in [0.1, 0.15) is 46.2 Å². The zero-order valence-electron chi connectivity index (χ0n) is 13.9. The van der Waals surface area contributed by atoms with Crippen molar-refractivity contribution in [3.05, 3.63) is 24.0 Å². The summed E-state index contributed by atoms with van der Waals surface area (Å²) in [6.45, 7) is 11.8. The van der Waals surface area contributed by atoms with Crippen molar-refractivity contribution in [1.29, 1.82) is 0 Å². The molecule has 118 valence electrons. The van der Waals surface area contributed by atoms with Crippen LogP contribution in [0.25, 0.3) is 0 Å². The Morgan fingerprint density at radius 3 is 2.57 bits per heavy atom. The van der Waals surface area contributed by atoms with Gasteiger partial charge in [-0.25, -0.2) is 0 Å². The number of piperidine rings is 1. The van der Waals surface area contributed by atoms with Crippen LogP contribution in [0.2, 0.25) is 0 Å². The summed E-state index contributed by atoms with van der Waals surface area (Å²) >= 11 is 0. The molecule has 4 nitrogen and oxygen atoms in total. The molecule has 2 rings (SSSR count). The molecule has 1 aliphatic rings. The van der Waals surface area contributed by atoms with E-state index >= 15 is 0 Å². The van der Waals surface area contributed by atoms with Crippen LogP contribution >= 0.6 is 0 Å². The number of rotatable bonds is 4. The minimum Gasteiger partial charge on any atom is -0.351 e. The number of carbonyl (C=O) groups is 1. The second-order valence-electron chi connectivity index (χ2n) is 6.98. The molecule has 0 aliphatic carbocycles. The van der Waals surface area contributed by atoms with E-state index in [0.717, 1.165) is 39.0 Å². The zero-order chi connectivity index (χ0) is 15.5. The monoisotopic (exact) mass is 291 g/mol. The van der Waals surface area contributed by atoms with Crippen LogP contribution in [0.15, 0.2) is 18.3 Å². The van der Waals surface area contributed by atoms with Crippen molar-refractivity contribution < 1.29 is 4.79 Å². The van der Waals surface area contributed by atoms with E-state index in [1.807, 2.05) is 25.7 Å². The molecule has 21 heavy (non-hydrogen) atoms. The predicted molar refractivity (Wildman–Crippen MR) is 86.0 cm³/mol. The molecule has 0 unspecified atom stereocenters. The minimum atomic E-state index is -0.262. The Balaban J connectivity index is 1.78. The second kappa shape index (κ2) is 6.65. The lowest BCUT2D eigenvalue weighted by atomic mass is 9.93. The van der Waals surface area contributed by atoms with Gasteiger partial charge in [0.25, 0.3) is 0 Å².